The molecule has 0 bridgehead atoms. The number of benzene rings is 1. The molecule has 0 fully saturated rings. The normalized spacial score (nSPS) is 12.1. The summed E-state index contributed by atoms with van der Waals surface area (Å²) >= 11 is 5.76. The molecule has 0 aliphatic heterocycles. The van der Waals surface area contributed by atoms with E-state index in [9.17, 15) is 35.5 Å². The Hall–Kier alpha value is -3.22. The number of alkyl halides is 6. The van der Waals surface area contributed by atoms with Gasteiger partial charge in [-0.1, -0.05) is 23.7 Å². The van der Waals surface area contributed by atoms with E-state index < -0.39 is 58.4 Å². The molecule has 0 unspecified atom stereocenters. The van der Waals surface area contributed by atoms with Gasteiger partial charge in [0.1, 0.15) is 23.7 Å². The van der Waals surface area contributed by atoms with Crippen molar-refractivity contribution in [3.63, 3.8) is 0 Å². The van der Waals surface area contributed by atoms with Gasteiger partial charge in [0, 0.05) is 6.07 Å². The second kappa shape index (κ2) is 8.13. The van der Waals surface area contributed by atoms with Crippen molar-refractivity contribution in [2.24, 2.45) is 0 Å². The maximum Gasteiger partial charge on any atom is 0.433 e. The van der Waals surface area contributed by atoms with Gasteiger partial charge in [0.25, 0.3) is 5.91 Å². The number of aromatic nitrogens is 4. The molecule has 0 aliphatic carbocycles. The Balaban J connectivity index is 1.95. The zero-order valence-electron chi connectivity index (χ0n) is 14.9. The number of nitrogens with one attached hydrogen (secondary N) is 1. The predicted molar refractivity (Wildman–Crippen MR) is 92.7 cm³/mol. The quantitative estimate of drug-likeness (QED) is 0.559. The first-order valence-electron chi connectivity index (χ1n) is 8.14. The lowest BCUT2D eigenvalue weighted by atomic mass is 10.2. The molecule has 0 atom stereocenters. The highest BCUT2D eigenvalue weighted by Crippen LogP contribution is 2.34. The molecule has 0 spiro atoms. The molecule has 2 aromatic heterocycles. The minimum atomic E-state index is -5.08. The summed E-state index contributed by atoms with van der Waals surface area (Å²) in [6.45, 7) is -0.621. The van der Waals surface area contributed by atoms with Crippen molar-refractivity contribution in [3.05, 3.63) is 70.1 Å². The molecule has 3 aromatic rings. The number of hydrogen-bond acceptors (Lipinski definition) is 4. The van der Waals surface area contributed by atoms with Gasteiger partial charge in [-0.15, -0.1) is 0 Å². The maximum atomic E-state index is 13.6. The van der Waals surface area contributed by atoms with E-state index in [0.29, 0.717) is 23.3 Å². The van der Waals surface area contributed by atoms with E-state index in [4.69, 9.17) is 11.6 Å². The SMILES string of the molecule is O=C(Nc1cc(C(F)(F)F)ncn1)c1cnn(Cc2cccc(F)c2Cl)c1C(F)(F)F. The first-order chi connectivity index (χ1) is 14.4. The molecule has 6 nitrogen and oxygen atoms in total. The molecule has 164 valence electrons. The predicted octanol–water partition coefficient (Wildman–Crippen LogP) is 4.80. The summed E-state index contributed by atoms with van der Waals surface area (Å²) in [6.07, 6.45) is -8.85. The molecule has 1 amide bonds. The Morgan fingerprint density at radius 2 is 1.81 bits per heavy atom. The highest BCUT2D eigenvalue weighted by molar-refractivity contribution is 6.31. The average Bonchev–Trinajstić information content (AvgIpc) is 3.09. The van der Waals surface area contributed by atoms with Crippen LogP contribution in [-0.4, -0.2) is 25.7 Å². The molecular formula is C17H9ClF7N5O. The van der Waals surface area contributed by atoms with Crippen molar-refractivity contribution in [3.8, 4) is 0 Å². The molecule has 3 rings (SSSR count). The number of nitrogens with zero attached hydrogens (tertiary/aromatic N) is 4. The van der Waals surface area contributed by atoms with E-state index in [1.807, 2.05) is 5.32 Å². The van der Waals surface area contributed by atoms with Crippen LogP contribution in [0.4, 0.5) is 36.6 Å². The monoisotopic (exact) mass is 467 g/mol. The van der Waals surface area contributed by atoms with Crippen molar-refractivity contribution in [2.75, 3.05) is 5.32 Å². The molecule has 0 saturated heterocycles. The van der Waals surface area contributed by atoms with Crippen LogP contribution in [-0.2, 0) is 18.9 Å². The van der Waals surface area contributed by atoms with Crippen LogP contribution in [0.2, 0.25) is 5.02 Å². The second-order valence-electron chi connectivity index (χ2n) is 6.02. The lowest BCUT2D eigenvalue weighted by Gasteiger charge is -2.14. The average molecular weight is 468 g/mol. The van der Waals surface area contributed by atoms with E-state index in [1.54, 1.807) is 0 Å². The second-order valence-corrected chi connectivity index (χ2v) is 6.39. The molecule has 0 saturated carbocycles. The molecular weight excluding hydrogens is 459 g/mol. The van der Waals surface area contributed by atoms with E-state index >= 15 is 0 Å². The van der Waals surface area contributed by atoms with Crippen LogP contribution >= 0.6 is 11.6 Å². The number of anilines is 1. The minimum Gasteiger partial charge on any atom is -0.306 e. The fourth-order valence-corrected chi connectivity index (χ4v) is 2.75. The summed E-state index contributed by atoms with van der Waals surface area (Å²) in [5, 5.41) is 4.94. The van der Waals surface area contributed by atoms with Gasteiger partial charge in [0.2, 0.25) is 0 Å². The number of rotatable bonds is 4. The van der Waals surface area contributed by atoms with Crippen molar-refractivity contribution in [1.29, 1.82) is 0 Å². The van der Waals surface area contributed by atoms with E-state index in [2.05, 4.69) is 15.1 Å². The first-order valence-corrected chi connectivity index (χ1v) is 8.52. The number of carbonyl (C=O) groups excluding carboxylic acids is 1. The van der Waals surface area contributed by atoms with Gasteiger partial charge in [-0.05, 0) is 11.6 Å². The Labute approximate surface area is 173 Å². The summed E-state index contributed by atoms with van der Waals surface area (Å²) < 4.78 is 93.0. The van der Waals surface area contributed by atoms with Gasteiger partial charge >= 0.3 is 12.4 Å². The van der Waals surface area contributed by atoms with E-state index in [1.165, 1.54) is 12.1 Å². The fraction of sp³-hybridized carbons (Fsp3) is 0.176. The number of halogens is 8. The maximum absolute atomic E-state index is 13.6. The molecule has 0 radical (unpaired) electrons. The van der Waals surface area contributed by atoms with Crippen LogP contribution in [0, 0.1) is 5.82 Å². The lowest BCUT2D eigenvalue weighted by Crippen LogP contribution is -2.22. The molecule has 1 aromatic carbocycles. The Morgan fingerprint density at radius 3 is 2.45 bits per heavy atom. The van der Waals surface area contributed by atoms with Crippen LogP contribution in [0.25, 0.3) is 0 Å². The van der Waals surface area contributed by atoms with E-state index in [-0.39, 0.29) is 5.56 Å². The summed E-state index contributed by atoms with van der Waals surface area (Å²) in [5.41, 5.74) is -3.92. The number of carbonyl (C=O) groups is 1. The topological polar surface area (TPSA) is 72.7 Å². The van der Waals surface area contributed by atoms with Crippen LogP contribution in [0.5, 0.6) is 0 Å². The first kappa shape index (κ1) is 22.5. The Bertz CT molecular complexity index is 1130. The van der Waals surface area contributed by atoms with Gasteiger partial charge < -0.3 is 5.32 Å². The summed E-state index contributed by atoms with van der Waals surface area (Å²) in [5.74, 6) is -2.93. The standard InChI is InChI=1S/C17H9ClF7N5O/c18-13-8(2-1-3-10(13)19)6-30-14(17(23,24)25)9(5-28-30)15(31)29-12-4-11(16(20,21)22)26-7-27-12/h1-5,7H,6H2,(H,26,27,29,31). The van der Waals surface area contributed by atoms with Gasteiger partial charge in [0.15, 0.2) is 5.69 Å². The summed E-state index contributed by atoms with van der Waals surface area (Å²) in [6, 6.07) is 3.87. The molecule has 14 heteroatoms. The van der Waals surface area contributed by atoms with Gasteiger partial charge in [-0.25, -0.2) is 14.4 Å². The third-order valence-corrected chi connectivity index (χ3v) is 4.33. The molecule has 1 N–H and O–H groups in total. The van der Waals surface area contributed by atoms with Crippen LogP contribution in [0.3, 0.4) is 0 Å². The third kappa shape index (κ3) is 4.93. The van der Waals surface area contributed by atoms with Crippen LogP contribution in [0.15, 0.2) is 36.8 Å². The lowest BCUT2D eigenvalue weighted by molar-refractivity contribution is -0.144. The zero-order chi connectivity index (χ0) is 23.0. The van der Waals surface area contributed by atoms with Crippen molar-refractivity contribution >= 4 is 23.3 Å². The summed E-state index contributed by atoms with van der Waals surface area (Å²) in [4.78, 5) is 18.7. The van der Waals surface area contributed by atoms with Crippen molar-refractivity contribution < 1.29 is 35.5 Å². The zero-order valence-corrected chi connectivity index (χ0v) is 15.6. The summed E-state index contributed by atoms with van der Waals surface area (Å²) in [7, 11) is 0. The Kier molecular flexibility index (Phi) is 5.89. The van der Waals surface area contributed by atoms with Crippen molar-refractivity contribution in [2.45, 2.75) is 18.9 Å². The number of hydrogen-bond donors (Lipinski definition) is 1. The highest BCUT2D eigenvalue weighted by Gasteiger charge is 2.40. The molecule has 2 heterocycles. The van der Waals surface area contributed by atoms with E-state index in [0.717, 1.165) is 6.07 Å². The minimum absolute atomic E-state index is 0.0344. The van der Waals surface area contributed by atoms with Gasteiger partial charge in [0.05, 0.1) is 23.3 Å². The van der Waals surface area contributed by atoms with Crippen LogP contribution in [0.1, 0.15) is 27.3 Å². The van der Waals surface area contributed by atoms with Crippen molar-refractivity contribution in [1.82, 2.24) is 19.7 Å². The molecule has 0 aliphatic rings. The van der Waals surface area contributed by atoms with Gasteiger partial charge in [-0.2, -0.15) is 31.4 Å². The Morgan fingerprint density at radius 1 is 1.10 bits per heavy atom. The smallest absolute Gasteiger partial charge is 0.306 e. The largest absolute Gasteiger partial charge is 0.433 e. The van der Waals surface area contributed by atoms with Gasteiger partial charge in [-0.3, -0.25) is 9.48 Å². The third-order valence-electron chi connectivity index (χ3n) is 3.90. The van der Waals surface area contributed by atoms with Crippen LogP contribution < -0.4 is 5.32 Å². The highest BCUT2D eigenvalue weighted by atomic mass is 35.5. The molecule has 31 heavy (non-hydrogen) atoms. The fourth-order valence-electron chi connectivity index (χ4n) is 2.57. The number of amides is 1.